The highest BCUT2D eigenvalue weighted by Gasteiger charge is 2.53. The Kier molecular flexibility index (Phi) is 6.49. The lowest BCUT2D eigenvalue weighted by atomic mass is 9.82. The van der Waals surface area contributed by atoms with Crippen LogP contribution >= 0.6 is 0 Å². The zero-order chi connectivity index (χ0) is 24.5. The van der Waals surface area contributed by atoms with E-state index in [1.807, 2.05) is 24.3 Å². The lowest BCUT2D eigenvalue weighted by Gasteiger charge is -2.27. The standard InChI is InChI=1S/C25H27N3O6/c1-17(5-2-3-14-29)25(32)21-15-20(28(33)34)11-12-22(21)27(24(25)31)16-18-7-9-19(10-8-18)26-13-4-6-23(26)30/h2,5,7-12,15,17,29,32H,3-4,6,13-14,16H2,1H3/b5-2+/t17-,25+/m1/s1. The van der Waals surface area contributed by atoms with Gasteiger partial charge in [-0.3, -0.25) is 19.7 Å². The van der Waals surface area contributed by atoms with Gasteiger partial charge in [0.25, 0.3) is 11.6 Å². The summed E-state index contributed by atoms with van der Waals surface area (Å²) in [4.78, 5) is 39.5. The summed E-state index contributed by atoms with van der Waals surface area (Å²) in [7, 11) is 0. The number of amides is 2. The molecule has 2 N–H and O–H groups in total. The number of nitrogens with zero attached hydrogens (tertiary/aromatic N) is 3. The number of nitro groups is 1. The predicted octanol–water partition coefficient (Wildman–Crippen LogP) is 3.03. The highest BCUT2D eigenvalue weighted by molar-refractivity contribution is 6.07. The van der Waals surface area contributed by atoms with Crippen LogP contribution in [0.2, 0.25) is 0 Å². The molecule has 4 rings (SSSR count). The fraction of sp³-hybridized carbons (Fsp3) is 0.360. The highest BCUT2D eigenvalue weighted by Crippen LogP contribution is 2.47. The first-order valence-electron chi connectivity index (χ1n) is 11.3. The van der Waals surface area contributed by atoms with Crippen molar-refractivity contribution in [2.24, 2.45) is 5.92 Å². The highest BCUT2D eigenvalue weighted by atomic mass is 16.6. The van der Waals surface area contributed by atoms with Crippen LogP contribution in [-0.2, 0) is 21.7 Å². The van der Waals surface area contributed by atoms with Crippen molar-refractivity contribution in [3.63, 3.8) is 0 Å². The van der Waals surface area contributed by atoms with Crippen molar-refractivity contribution < 1.29 is 24.7 Å². The summed E-state index contributed by atoms with van der Waals surface area (Å²) >= 11 is 0. The summed E-state index contributed by atoms with van der Waals surface area (Å²) in [6.45, 7) is 2.44. The van der Waals surface area contributed by atoms with Gasteiger partial charge in [0.2, 0.25) is 5.91 Å². The van der Waals surface area contributed by atoms with Crippen LogP contribution in [-0.4, -0.2) is 40.1 Å². The molecule has 0 spiro atoms. The van der Waals surface area contributed by atoms with Crippen molar-refractivity contribution in [1.29, 1.82) is 0 Å². The number of hydrogen-bond donors (Lipinski definition) is 2. The van der Waals surface area contributed by atoms with E-state index in [4.69, 9.17) is 5.11 Å². The smallest absolute Gasteiger partial charge is 0.269 e. The number of aliphatic hydroxyl groups excluding tert-OH is 1. The van der Waals surface area contributed by atoms with Crippen LogP contribution in [0.1, 0.15) is 37.3 Å². The summed E-state index contributed by atoms with van der Waals surface area (Å²) in [6.07, 6.45) is 5.05. The Morgan fingerprint density at radius 2 is 1.94 bits per heavy atom. The number of hydrogen-bond acceptors (Lipinski definition) is 6. The zero-order valence-corrected chi connectivity index (χ0v) is 18.9. The first-order valence-corrected chi connectivity index (χ1v) is 11.3. The van der Waals surface area contributed by atoms with Gasteiger partial charge in [0.05, 0.1) is 17.2 Å². The third kappa shape index (κ3) is 4.08. The molecule has 2 amide bonds. The van der Waals surface area contributed by atoms with Gasteiger partial charge in [-0.15, -0.1) is 0 Å². The zero-order valence-electron chi connectivity index (χ0n) is 18.9. The van der Waals surface area contributed by atoms with Crippen LogP contribution in [0.4, 0.5) is 17.1 Å². The van der Waals surface area contributed by atoms with E-state index < -0.39 is 22.3 Å². The van der Waals surface area contributed by atoms with E-state index in [1.54, 1.807) is 24.0 Å². The maximum atomic E-state index is 13.5. The van der Waals surface area contributed by atoms with Crippen molar-refractivity contribution in [3.8, 4) is 0 Å². The van der Waals surface area contributed by atoms with E-state index in [9.17, 15) is 24.8 Å². The molecule has 9 nitrogen and oxygen atoms in total. The van der Waals surface area contributed by atoms with Crippen molar-refractivity contribution >= 4 is 28.9 Å². The summed E-state index contributed by atoms with van der Waals surface area (Å²) in [5.74, 6) is -1.16. The van der Waals surface area contributed by atoms with Crippen LogP contribution in [0.3, 0.4) is 0 Å². The second-order valence-electron chi connectivity index (χ2n) is 8.66. The molecular weight excluding hydrogens is 438 g/mol. The van der Waals surface area contributed by atoms with Crippen LogP contribution < -0.4 is 9.80 Å². The molecule has 2 aromatic carbocycles. The quantitative estimate of drug-likeness (QED) is 0.351. The molecule has 1 fully saturated rings. The molecule has 9 heteroatoms. The number of anilines is 2. The number of fused-ring (bicyclic) bond motifs is 1. The van der Waals surface area contributed by atoms with Crippen molar-refractivity contribution in [3.05, 3.63) is 75.9 Å². The molecule has 0 saturated carbocycles. The Labute approximate surface area is 197 Å². The molecule has 2 aromatic rings. The molecule has 34 heavy (non-hydrogen) atoms. The van der Waals surface area contributed by atoms with Gasteiger partial charge in [-0.2, -0.15) is 0 Å². The maximum absolute atomic E-state index is 13.5. The SMILES string of the molecule is C[C@H](/C=C/CCO)[C@@]1(O)C(=O)N(Cc2ccc(N3CCCC3=O)cc2)c2ccc([N+](=O)[O-])cc21. The lowest BCUT2D eigenvalue weighted by Crippen LogP contribution is -2.44. The average Bonchev–Trinajstić information content (AvgIpc) is 3.35. The summed E-state index contributed by atoms with van der Waals surface area (Å²) in [6, 6.07) is 11.4. The second kappa shape index (κ2) is 9.36. The van der Waals surface area contributed by atoms with Gasteiger partial charge < -0.3 is 20.0 Å². The molecule has 2 aliphatic heterocycles. The Morgan fingerprint density at radius 1 is 1.21 bits per heavy atom. The third-order valence-electron chi connectivity index (χ3n) is 6.51. The van der Waals surface area contributed by atoms with E-state index in [-0.39, 0.29) is 30.3 Å². The maximum Gasteiger partial charge on any atom is 0.269 e. The third-order valence-corrected chi connectivity index (χ3v) is 6.51. The fourth-order valence-corrected chi connectivity index (χ4v) is 4.60. The van der Waals surface area contributed by atoms with Crippen LogP contribution in [0.15, 0.2) is 54.6 Å². The predicted molar refractivity (Wildman–Crippen MR) is 126 cm³/mol. The molecule has 0 bridgehead atoms. The van der Waals surface area contributed by atoms with Crippen LogP contribution in [0, 0.1) is 16.0 Å². The molecular formula is C25H27N3O6. The Bertz CT molecular complexity index is 1150. The van der Waals surface area contributed by atoms with Gasteiger partial charge in [0.1, 0.15) is 0 Å². The van der Waals surface area contributed by atoms with E-state index in [0.29, 0.717) is 25.1 Å². The molecule has 2 aliphatic rings. The molecule has 2 heterocycles. The monoisotopic (exact) mass is 465 g/mol. The fourth-order valence-electron chi connectivity index (χ4n) is 4.60. The largest absolute Gasteiger partial charge is 0.396 e. The van der Waals surface area contributed by atoms with Gasteiger partial charge in [-0.05, 0) is 36.6 Å². The van der Waals surface area contributed by atoms with Crippen molar-refractivity contribution in [2.75, 3.05) is 23.0 Å². The van der Waals surface area contributed by atoms with Gasteiger partial charge in [-0.1, -0.05) is 31.2 Å². The molecule has 0 radical (unpaired) electrons. The summed E-state index contributed by atoms with van der Waals surface area (Å²) < 4.78 is 0. The number of aliphatic hydroxyl groups is 2. The minimum Gasteiger partial charge on any atom is -0.396 e. The summed E-state index contributed by atoms with van der Waals surface area (Å²) in [5.41, 5.74) is 0.00857. The second-order valence-corrected chi connectivity index (χ2v) is 8.66. The van der Waals surface area contributed by atoms with E-state index >= 15 is 0 Å². The Morgan fingerprint density at radius 3 is 2.56 bits per heavy atom. The normalized spacial score (nSPS) is 20.9. The van der Waals surface area contributed by atoms with E-state index in [0.717, 1.165) is 17.7 Å². The van der Waals surface area contributed by atoms with Gasteiger partial charge in [-0.25, -0.2) is 0 Å². The first kappa shape index (κ1) is 23.6. The Hall–Kier alpha value is -3.56. The molecule has 0 aliphatic carbocycles. The number of carbonyl (C=O) groups is 2. The van der Waals surface area contributed by atoms with Gasteiger partial charge in [0, 0.05) is 48.9 Å². The van der Waals surface area contributed by atoms with Crippen molar-refractivity contribution in [2.45, 2.75) is 38.3 Å². The molecule has 0 aromatic heterocycles. The molecule has 1 saturated heterocycles. The van der Waals surface area contributed by atoms with Crippen LogP contribution in [0.25, 0.3) is 0 Å². The number of rotatable bonds is 8. The topological polar surface area (TPSA) is 124 Å². The molecule has 0 unspecified atom stereocenters. The number of non-ortho nitro benzene ring substituents is 1. The van der Waals surface area contributed by atoms with Gasteiger partial charge in [0.15, 0.2) is 5.60 Å². The number of nitro benzene ring substituents is 1. The van der Waals surface area contributed by atoms with Crippen molar-refractivity contribution in [1.82, 2.24) is 0 Å². The van der Waals surface area contributed by atoms with E-state index in [2.05, 4.69) is 0 Å². The molecule has 178 valence electrons. The number of benzene rings is 2. The van der Waals surface area contributed by atoms with Crippen LogP contribution in [0.5, 0.6) is 0 Å². The Balaban J connectivity index is 1.66. The minimum atomic E-state index is -1.98. The summed E-state index contributed by atoms with van der Waals surface area (Å²) in [5, 5.41) is 32.0. The van der Waals surface area contributed by atoms with Gasteiger partial charge >= 0.3 is 0 Å². The van der Waals surface area contributed by atoms with E-state index in [1.165, 1.54) is 23.1 Å². The first-order chi connectivity index (χ1) is 16.3. The average molecular weight is 466 g/mol. The molecule has 2 atom stereocenters. The minimum absolute atomic E-state index is 0.0667. The lowest BCUT2D eigenvalue weighted by molar-refractivity contribution is -0.385. The number of carbonyl (C=O) groups excluding carboxylic acids is 2.